The molecular formula is C28H45NO7. The van der Waals surface area contributed by atoms with Crippen LogP contribution in [0.15, 0.2) is 24.3 Å². The Labute approximate surface area is 216 Å². The SMILES string of the molecule is CN(C)C(=O)C[C@@]1(CCCC(=O)O)C=CCCC1.COC(=O)CCC[C@]1(CC(=O)OC)C=CCCC1. The highest BCUT2D eigenvalue weighted by Crippen LogP contribution is 2.40. The molecule has 8 nitrogen and oxygen atoms in total. The Morgan fingerprint density at radius 1 is 0.806 bits per heavy atom. The lowest BCUT2D eigenvalue weighted by Crippen LogP contribution is -2.31. The van der Waals surface area contributed by atoms with E-state index in [1.807, 2.05) is 0 Å². The lowest BCUT2D eigenvalue weighted by atomic mass is 9.72. The van der Waals surface area contributed by atoms with Gasteiger partial charge >= 0.3 is 17.9 Å². The second-order valence-corrected chi connectivity index (χ2v) is 10.2. The van der Waals surface area contributed by atoms with E-state index in [-0.39, 0.29) is 35.1 Å². The Morgan fingerprint density at radius 2 is 1.31 bits per heavy atom. The zero-order valence-corrected chi connectivity index (χ0v) is 22.6. The smallest absolute Gasteiger partial charge is 0.306 e. The maximum atomic E-state index is 11.9. The zero-order chi connectivity index (χ0) is 27.0. The van der Waals surface area contributed by atoms with E-state index in [0.29, 0.717) is 25.7 Å². The number of allylic oxidation sites excluding steroid dienone is 4. The van der Waals surface area contributed by atoms with Crippen LogP contribution in [-0.4, -0.2) is 62.1 Å². The highest BCUT2D eigenvalue weighted by molar-refractivity contribution is 5.76. The van der Waals surface area contributed by atoms with Crippen LogP contribution in [0.1, 0.15) is 89.9 Å². The van der Waals surface area contributed by atoms with Gasteiger partial charge in [-0.15, -0.1) is 0 Å². The van der Waals surface area contributed by atoms with E-state index in [1.165, 1.54) is 14.2 Å². The Morgan fingerprint density at radius 3 is 1.72 bits per heavy atom. The van der Waals surface area contributed by atoms with Crippen LogP contribution in [0.3, 0.4) is 0 Å². The van der Waals surface area contributed by atoms with Crippen LogP contribution in [0, 0.1) is 10.8 Å². The molecule has 1 amide bonds. The summed E-state index contributed by atoms with van der Waals surface area (Å²) in [7, 11) is 6.34. The minimum absolute atomic E-state index is 0.116. The lowest BCUT2D eigenvalue weighted by molar-refractivity contribution is -0.143. The summed E-state index contributed by atoms with van der Waals surface area (Å²) >= 11 is 0. The topological polar surface area (TPSA) is 110 Å². The van der Waals surface area contributed by atoms with Crippen LogP contribution < -0.4 is 0 Å². The summed E-state index contributed by atoms with van der Waals surface area (Å²) in [6.45, 7) is 0. The van der Waals surface area contributed by atoms with Crippen LogP contribution >= 0.6 is 0 Å². The van der Waals surface area contributed by atoms with Crippen LogP contribution in [0.25, 0.3) is 0 Å². The number of hydrogen-bond donors (Lipinski definition) is 1. The van der Waals surface area contributed by atoms with Gasteiger partial charge in [-0.05, 0) is 75.0 Å². The van der Waals surface area contributed by atoms with E-state index in [9.17, 15) is 19.2 Å². The summed E-state index contributed by atoms with van der Waals surface area (Å²) in [6.07, 6.45) is 19.3. The van der Waals surface area contributed by atoms with E-state index < -0.39 is 5.97 Å². The van der Waals surface area contributed by atoms with Gasteiger partial charge in [-0.2, -0.15) is 0 Å². The molecule has 0 unspecified atom stereocenters. The van der Waals surface area contributed by atoms with Crippen molar-refractivity contribution in [1.82, 2.24) is 4.90 Å². The molecule has 0 fully saturated rings. The standard InChI is InChI=1S/C14H23NO3.C14H22O4/c1-15(2)12(16)11-14(8-4-3-5-9-14)10-6-7-13(17)18;1-17-12(15)7-6-10-14(11-13(16)18-2)8-4-3-5-9-14/h4,8H,3,5-7,9-11H2,1-2H3,(H,17,18);4,8H,3,5-7,9-11H2,1-2H3/t2*14-/m00/s1. The maximum absolute atomic E-state index is 11.9. The minimum atomic E-state index is -0.760. The summed E-state index contributed by atoms with van der Waals surface area (Å²) in [5, 5.41) is 8.70. The number of methoxy groups -OCH3 is 2. The molecule has 0 aliphatic heterocycles. The van der Waals surface area contributed by atoms with Crippen molar-refractivity contribution in [2.75, 3.05) is 28.3 Å². The monoisotopic (exact) mass is 507 g/mol. The Kier molecular flexibility index (Phi) is 14.1. The highest BCUT2D eigenvalue weighted by atomic mass is 16.5. The fourth-order valence-corrected chi connectivity index (χ4v) is 4.96. The number of hydrogen-bond acceptors (Lipinski definition) is 6. The first kappa shape index (κ1) is 31.4. The Hall–Kier alpha value is -2.64. The third kappa shape index (κ3) is 11.9. The van der Waals surface area contributed by atoms with Crippen molar-refractivity contribution in [3.05, 3.63) is 24.3 Å². The van der Waals surface area contributed by atoms with Gasteiger partial charge in [-0.1, -0.05) is 24.3 Å². The van der Waals surface area contributed by atoms with E-state index >= 15 is 0 Å². The molecule has 2 aliphatic rings. The van der Waals surface area contributed by atoms with Gasteiger partial charge in [0.15, 0.2) is 0 Å². The molecule has 2 atom stereocenters. The third-order valence-corrected chi connectivity index (χ3v) is 7.11. The van der Waals surface area contributed by atoms with Crippen molar-refractivity contribution in [1.29, 1.82) is 0 Å². The predicted octanol–water partition coefficient (Wildman–Crippen LogP) is 5.07. The molecule has 2 rings (SSSR count). The second-order valence-electron chi connectivity index (χ2n) is 10.2. The molecule has 1 N–H and O–H groups in total. The molecule has 0 radical (unpaired) electrons. The molecule has 0 aromatic rings. The van der Waals surface area contributed by atoms with E-state index in [1.54, 1.807) is 19.0 Å². The molecular weight excluding hydrogens is 462 g/mol. The molecule has 204 valence electrons. The first-order valence-electron chi connectivity index (χ1n) is 13.0. The van der Waals surface area contributed by atoms with E-state index in [0.717, 1.165) is 57.8 Å². The van der Waals surface area contributed by atoms with Gasteiger partial charge in [0, 0.05) is 33.4 Å². The molecule has 36 heavy (non-hydrogen) atoms. The van der Waals surface area contributed by atoms with Crippen molar-refractivity contribution < 1.29 is 33.8 Å². The van der Waals surface area contributed by atoms with Gasteiger partial charge in [0.05, 0.1) is 20.6 Å². The van der Waals surface area contributed by atoms with Crippen molar-refractivity contribution in [3.8, 4) is 0 Å². The van der Waals surface area contributed by atoms with Crippen LogP contribution in [0.4, 0.5) is 0 Å². The number of carbonyl (C=O) groups excluding carboxylic acids is 3. The van der Waals surface area contributed by atoms with Gasteiger partial charge in [-0.3, -0.25) is 19.2 Å². The van der Waals surface area contributed by atoms with Crippen molar-refractivity contribution in [3.63, 3.8) is 0 Å². The average molecular weight is 508 g/mol. The largest absolute Gasteiger partial charge is 0.481 e. The number of aliphatic carboxylic acids is 1. The molecule has 0 aromatic heterocycles. The summed E-state index contributed by atoms with van der Waals surface area (Å²) in [5.41, 5.74) is -0.242. The zero-order valence-electron chi connectivity index (χ0n) is 22.6. The summed E-state index contributed by atoms with van der Waals surface area (Å²) < 4.78 is 9.39. The predicted molar refractivity (Wildman–Crippen MR) is 138 cm³/mol. The second kappa shape index (κ2) is 16.2. The van der Waals surface area contributed by atoms with Crippen molar-refractivity contribution in [2.24, 2.45) is 10.8 Å². The number of carbonyl (C=O) groups is 4. The maximum Gasteiger partial charge on any atom is 0.306 e. The van der Waals surface area contributed by atoms with E-state index in [2.05, 4.69) is 29.0 Å². The summed E-state index contributed by atoms with van der Waals surface area (Å²) in [4.78, 5) is 46.7. The fourth-order valence-electron chi connectivity index (χ4n) is 4.96. The Balaban J connectivity index is 0.000000360. The third-order valence-electron chi connectivity index (χ3n) is 7.11. The minimum Gasteiger partial charge on any atom is -0.481 e. The van der Waals surface area contributed by atoms with Crippen molar-refractivity contribution >= 4 is 23.8 Å². The lowest BCUT2D eigenvalue weighted by Gasteiger charge is -2.33. The summed E-state index contributed by atoms with van der Waals surface area (Å²) in [5.74, 6) is -1.01. The molecule has 0 heterocycles. The molecule has 0 saturated heterocycles. The van der Waals surface area contributed by atoms with Gasteiger partial charge in [0.25, 0.3) is 0 Å². The van der Waals surface area contributed by atoms with Crippen LogP contribution in [-0.2, 0) is 28.7 Å². The average Bonchev–Trinajstić information content (AvgIpc) is 2.85. The molecule has 2 aliphatic carbocycles. The number of carboxylic acids is 1. The van der Waals surface area contributed by atoms with Crippen LogP contribution in [0.5, 0.6) is 0 Å². The number of ether oxygens (including phenoxy) is 2. The number of amides is 1. The van der Waals surface area contributed by atoms with E-state index in [4.69, 9.17) is 9.84 Å². The quantitative estimate of drug-likeness (QED) is 0.290. The summed E-state index contributed by atoms with van der Waals surface area (Å²) in [6, 6.07) is 0. The van der Waals surface area contributed by atoms with Crippen molar-refractivity contribution in [2.45, 2.75) is 89.9 Å². The first-order valence-corrected chi connectivity index (χ1v) is 13.0. The molecule has 0 aromatic carbocycles. The number of nitrogens with zero attached hydrogens (tertiary/aromatic N) is 1. The van der Waals surface area contributed by atoms with Gasteiger partial charge < -0.3 is 19.5 Å². The van der Waals surface area contributed by atoms with Gasteiger partial charge in [-0.25, -0.2) is 0 Å². The molecule has 8 heteroatoms. The number of esters is 2. The normalized spacial score (nSPS) is 22.7. The Bertz CT molecular complexity index is 789. The molecule has 0 saturated carbocycles. The molecule has 0 bridgehead atoms. The van der Waals surface area contributed by atoms with Gasteiger partial charge in [0.2, 0.25) is 5.91 Å². The first-order chi connectivity index (χ1) is 17.1. The number of carboxylic acid groups (broad SMARTS) is 1. The fraction of sp³-hybridized carbons (Fsp3) is 0.714. The van der Waals surface area contributed by atoms with Crippen LogP contribution in [0.2, 0.25) is 0 Å². The number of rotatable bonds is 12. The highest BCUT2D eigenvalue weighted by Gasteiger charge is 2.32. The van der Waals surface area contributed by atoms with Gasteiger partial charge in [0.1, 0.15) is 0 Å². The molecule has 0 spiro atoms.